The van der Waals surface area contributed by atoms with Gasteiger partial charge in [-0.1, -0.05) is 32.9 Å². The van der Waals surface area contributed by atoms with Crippen LogP contribution in [0.15, 0.2) is 24.3 Å². The summed E-state index contributed by atoms with van der Waals surface area (Å²) in [6, 6.07) is 8.75. The molecule has 0 saturated carbocycles. The molecule has 1 aromatic carbocycles. The molecule has 1 aliphatic heterocycles. The Hall–Kier alpha value is -1.31. The van der Waals surface area contributed by atoms with E-state index in [2.05, 4.69) is 49.9 Å². The predicted molar refractivity (Wildman–Crippen MR) is 71.6 cm³/mol. The second kappa shape index (κ2) is 4.52. The molecule has 0 N–H and O–H groups in total. The van der Waals surface area contributed by atoms with Crippen LogP contribution in [0, 0.1) is 0 Å². The molecule has 0 aliphatic carbocycles. The lowest BCUT2D eigenvalue weighted by atomic mass is 9.87. The number of rotatable bonds is 1. The van der Waals surface area contributed by atoms with Crippen molar-refractivity contribution in [2.75, 3.05) is 18.0 Å². The molecule has 0 bridgehead atoms. The third-order valence-corrected chi connectivity index (χ3v) is 3.42. The average Bonchev–Trinajstić information content (AvgIpc) is 2.29. The summed E-state index contributed by atoms with van der Waals surface area (Å²) >= 11 is 0. The number of Topliss-reactive ketones (excluding diaryl/α,β-unsaturated/α-hetero) is 1. The van der Waals surface area contributed by atoms with Crippen LogP contribution in [0.2, 0.25) is 0 Å². The molecule has 1 heterocycles. The number of ketones is 1. The molecular formula is C15H21NO. The van der Waals surface area contributed by atoms with Gasteiger partial charge >= 0.3 is 0 Å². The molecule has 1 aliphatic rings. The van der Waals surface area contributed by atoms with E-state index >= 15 is 0 Å². The number of hydrogen-bond donors (Lipinski definition) is 0. The molecular weight excluding hydrogens is 210 g/mol. The van der Waals surface area contributed by atoms with E-state index in [0.717, 1.165) is 13.1 Å². The maximum atomic E-state index is 11.2. The summed E-state index contributed by atoms with van der Waals surface area (Å²) in [6.45, 7) is 8.41. The predicted octanol–water partition coefficient (Wildman–Crippen LogP) is 3.15. The molecule has 0 spiro atoms. The van der Waals surface area contributed by atoms with Gasteiger partial charge < -0.3 is 4.90 Å². The minimum atomic E-state index is 0.205. The number of nitrogens with zero attached hydrogens (tertiary/aromatic N) is 1. The zero-order valence-electron chi connectivity index (χ0n) is 11.0. The lowest BCUT2D eigenvalue weighted by Crippen LogP contribution is -2.33. The van der Waals surface area contributed by atoms with Gasteiger partial charge in [-0.15, -0.1) is 0 Å². The molecule has 2 heteroatoms. The Morgan fingerprint density at radius 1 is 1.00 bits per heavy atom. The van der Waals surface area contributed by atoms with Gasteiger partial charge in [-0.25, -0.2) is 0 Å². The third-order valence-electron chi connectivity index (χ3n) is 3.42. The molecule has 2 rings (SSSR count). The van der Waals surface area contributed by atoms with Crippen LogP contribution in [0.3, 0.4) is 0 Å². The van der Waals surface area contributed by atoms with E-state index in [1.54, 1.807) is 0 Å². The fourth-order valence-corrected chi connectivity index (χ4v) is 2.19. The summed E-state index contributed by atoms with van der Waals surface area (Å²) in [4.78, 5) is 13.5. The van der Waals surface area contributed by atoms with Crippen LogP contribution in [-0.4, -0.2) is 18.9 Å². The van der Waals surface area contributed by atoms with Crippen LogP contribution in [0.25, 0.3) is 0 Å². The zero-order chi connectivity index (χ0) is 12.5. The standard InChI is InChI=1S/C15H21NO/c1-15(2,3)12-4-6-13(7-5-12)16-10-8-14(17)9-11-16/h4-7H,8-11H2,1-3H3. The summed E-state index contributed by atoms with van der Waals surface area (Å²) in [7, 11) is 0. The van der Waals surface area contributed by atoms with Crippen molar-refractivity contribution in [2.24, 2.45) is 0 Å². The molecule has 1 aromatic rings. The van der Waals surface area contributed by atoms with Crippen LogP contribution in [0.1, 0.15) is 39.2 Å². The summed E-state index contributed by atoms with van der Waals surface area (Å²) in [5, 5.41) is 0. The van der Waals surface area contributed by atoms with Gasteiger partial charge in [0.25, 0.3) is 0 Å². The first kappa shape index (κ1) is 12.2. The van der Waals surface area contributed by atoms with Crippen LogP contribution < -0.4 is 4.90 Å². The fraction of sp³-hybridized carbons (Fsp3) is 0.533. The zero-order valence-corrected chi connectivity index (χ0v) is 11.0. The summed E-state index contributed by atoms with van der Waals surface area (Å²) in [5.41, 5.74) is 2.80. The van der Waals surface area contributed by atoms with E-state index in [9.17, 15) is 4.79 Å². The van der Waals surface area contributed by atoms with Gasteiger partial charge in [0.2, 0.25) is 0 Å². The highest BCUT2D eigenvalue weighted by atomic mass is 16.1. The summed E-state index contributed by atoms with van der Waals surface area (Å²) in [5.74, 6) is 0.396. The molecule has 0 radical (unpaired) electrons. The maximum absolute atomic E-state index is 11.2. The van der Waals surface area contributed by atoms with Crippen molar-refractivity contribution in [1.29, 1.82) is 0 Å². The molecule has 92 valence electrons. The number of hydrogen-bond acceptors (Lipinski definition) is 2. The molecule has 0 atom stereocenters. The van der Waals surface area contributed by atoms with Gasteiger partial charge in [-0.05, 0) is 23.1 Å². The maximum Gasteiger partial charge on any atom is 0.136 e. The highest BCUT2D eigenvalue weighted by molar-refractivity contribution is 5.81. The van der Waals surface area contributed by atoms with Crippen LogP contribution in [0.5, 0.6) is 0 Å². The van der Waals surface area contributed by atoms with Gasteiger partial charge in [-0.2, -0.15) is 0 Å². The van der Waals surface area contributed by atoms with Crippen molar-refractivity contribution in [2.45, 2.75) is 39.0 Å². The van der Waals surface area contributed by atoms with Crippen molar-refractivity contribution in [1.82, 2.24) is 0 Å². The molecule has 0 aromatic heterocycles. The molecule has 0 unspecified atom stereocenters. The quantitative estimate of drug-likeness (QED) is 0.740. The highest BCUT2D eigenvalue weighted by Gasteiger charge is 2.17. The second-order valence-electron chi connectivity index (χ2n) is 5.82. The monoisotopic (exact) mass is 231 g/mol. The normalized spacial score (nSPS) is 17.4. The topological polar surface area (TPSA) is 20.3 Å². The van der Waals surface area contributed by atoms with Crippen LogP contribution in [0.4, 0.5) is 5.69 Å². The summed E-state index contributed by atoms with van der Waals surface area (Å²) < 4.78 is 0. The van der Waals surface area contributed by atoms with Crippen LogP contribution >= 0.6 is 0 Å². The van der Waals surface area contributed by atoms with Crippen molar-refractivity contribution in [3.63, 3.8) is 0 Å². The minimum Gasteiger partial charge on any atom is -0.371 e. The first-order valence-corrected chi connectivity index (χ1v) is 6.34. The lowest BCUT2D eigenvalue weighted by Gasteiger charge is -2.29. The van der Waals surface area contributed by atoms with Crippen molar-refractivity contribution in [3.05, 3.63) is 29.8 Å². The Labute approximate surface area is 104 Å². The Balaban J connectivity index is 2.10. The van der Waals surface area contributed by atoms with E-state index in [4.69, 9.17) is 0 Å². The Morgan fingerprint density at radius 2 is 1.53 bits per heavy atom. The lowest BCUT2D eigenvalue weighted by molar-refractivity contribution is -0.119. The number of piperidine rings is 1. The largest absolute Gasteiger partial charge is 0.371 e. The van der Waals surface area contributed by atoms with Crippen LogP contribution in [-0.2, 0) is 10.2 Å². The number of benzene rings is 1. The average molecular weight is 231 g/mol. The van der Waals surface area contributed by atoms with E-state index in [0.29, 0.717) is 18.6 Å². The summed E-state index contributed by atoms with van der Waals surface area (Å²) in [6.07, 6.45) is 1.39. The van der Waals surface area contributed by atoms with E-state index < -0.39 is 0 Å². The SMILES string of the molecule is CC(C)(C)c1ccc(N2CCC(=O)CC2)cc1. The molecule has 0 amide bonds. The number of carbonyl (C=O) groups excluding carboxylic acids is 1. The Bertz CT molecular complexity index is 390. The molecule has 17 heavy (non-hydrogen) atoms. The molecule has 1 saturated heterocycles. The van der Waals surface area contributed by atoms with Crippen molar-refractivity contribution >= 4 is 11.5 Å². The Morgan fingerprint density at radius 3 is 2.00 bits per heavy atom. The third kappa shape index (κ3) is 2.87. The van der Waals surface area contributed by atoms with Gasteiger partial charge in [0.05, 0.1) is 0 Å². The van der Waals surface area contributed by atoms with Gasteiger partial charge in [0, 0.05) is 31.6 Å². The first-order valence-electron chi connectivity index (χ1n) is 6.34. The first-order chi connectivity index (χ1) is 7.97. The highest BCUT2D eigenvalue weighted by Crippen LogP contribution is 2.25. The number of anilines is 1. The van der Waals surface area contributed by atoms with Crippen molar-refractivity contribution < 1.29 is 4.79 Å². The van der Waals surface area contributed by atoms with Crippen molar-refractivity contribution in [3.8, 4) is 0 Å². The molecule has 1 fully saturated rings. The Kier molecular flexibility index (Phi) is 3.23. The van der Waals surface area contributed by atoms with E-state index in [1.807, 2.05) is 0 Å². The number of carbonyl (C=O) groups is 1. The fourth-order valence-electron chi connectivity index (χ4n) is 2.19. The van der Waals surface area contributed by atoms with Gasteiger partial charge in [0.1, 0.15) is 5.78 Å². The van der Waals surface area contributed by atoms with Gasteiger partial charge in [-0.3, -0.25) is 4.79 Å². The molecule has 2 nitrogen and oxygen atoms in total. The van der Waals surface area contributed by atoms with Gasteiger partial charge in [0.15, 0.2) is 0 Å². The smallest absolute Gasteiger partial charge is 0.136 e. The minimum absolute atomic E-state index is 0.205. The van der Waals surface area contributed by atoms with E-state index in [-0.39, 0.29) is 5.41 Å². The van der Waals surface area contributed by atoms with E-state index in [1.165, 1.54) is 11.3 Å². The second-order valence-corrected chi connectivity index (χ2v) is 5.82.